The Morgan fingerprint density at radius 2 is 2.16 bits per heavy atom. The molecule has 3 N–H and O–H groups in total. The predicted octanol–water partition coefficient (Wildman–Crippen LogP) is 2.83. The van der Waals surface area contributed by atoms with Crippen molar-refractivity contribution in [2.24, 2.45) is 4.99 Å². The van der Waals surface area contributed by atoms with Crippen LogP contribution in [0.15, 0.2) is 29.3 Å². The zero-order valence-electron chi connectivity index (χ0n) is 14.0. The van der Waals surface area contributed by atoms with Crippen LogP contribution in [0.3, 0.4) is 0 Å². The summed E-state index contributed by atoms with van der Waals surface area (Å²) in [4.78, 5) is 4.40. The second-order valence-electron chi connectivity index (χ2n) is 5.56. The molecule has 0 aromatic heterocycles. The zero-order valence-corrected chi connectivity index (χ0v) is 17.2. The standard InChI is InChI=1S/C16H23F2N3O2S.HI/c1-2-19-15(21-10-16(22)7-8-24-11-16)20-9-12-5-3-4-6-13(12)23-14(17)18;/h3-6,14,22H,2,7-11H2,1H3,(H2,19,20,21);1H. The number of rotatable bonds is 7. The quantitative estimate of drug-likeness (QED) is 0.314. The van der Waals surface area contributed by atoms with Gasteiger partial charge in [0.15, 0.2) is 5.96 Å². The minimum atomic E-state index is -2.87. The van der Waals surface area contributed by atoms with E-state index in [1.54, 1.807) is 30.0 Å². The van der Waals surface area contributed by atoms with Crippen LogP contribution in [0.4, 0.5) is 8.78 Å². The molecule has 1 aliphatic rings. The van der Waals surface area contributed by atoms with Crippen molar-refractivity contribution in [3.05, 3.63) is 29.8 Å². The third kappa shape index (κ3) is 7.53. The molecule has 1 aromatic rings. The van der Waals surface area contributed by atoms with Gasteiger partial charge in [-0.1, -0.05) is 18.2 Å². The van der Waals surface area contributed by atoms with E-state index in [4.69, 9.17) is 0 Å². The van der Waals surface area contributed by atoms with E-state index >= 15 is 0 Å². The van der Waals surface area contributed by atoms with Crippen LogP contribution in [0.5, 0.6) is 5.75 Å². The maximum absolute atomic E-state index is 12.4. The number of aliphatic imine (C=N–C) groups is 1. The molecule has 1 heterocycles. The summed E-state index contributed by atoms with van der Waals surface area (Å²) in [5.41, 5.74) is -0.150. The fraction of sp³-hybridized carbons (Fsp3) is 0.562. The van der Waals surface area contributed by atoms with Crippen molar-refractivity contribution in [1.82, 2.24) is 10.6 Å². The lowest BCUT2D eigenvalue weighted by Crippen LogP contribution is -2.47. The highest BCUT2D eigenvalue weighted by atomic mass is 127. The van der Waals surface area contributed by atoms with Crippen molar-refractivity contribution in [3.63, 3.8) is 0 Å². The zero-order chi connectivity index (χ0) is 17.4. The van der Waals surface area contributed by atoms with E-state index < -0.39 is 12.2 Å². The molecule has 0 aliphatic carbocycles. The van der Waals surface area contributed by atoms with Crippen LogP contribution in [0, 0.1) is 0 Å². The smallest absolute Gasteiger partial charge is 0.387 e. The summed E-state index contributed by atoms with van der Waals surface area (Å²) in [6, 6.07) is 6.59. The number of hydrogen-bond acceptors (Lipinski definition) is 4. The number of benzene rings is 1. The van der Waals surface area contributed by atoms with Gasteiger partial charge in [0.1, 0.15) is 5.75 Å². The highest BCUT2D eigenvalue weighted by Crippen LogP contribution is 2.27. The Hall–Kier alpha value is -0.810. The van der Waals surface area contributed by atoms with E-state index in [-0.39, 0.29) is 36.3 Å². The Labute approximate surface area is 168 Å². The Bertz CT molecular complexity index is 558. The number of ether oxygens (including phenoxy) is 1. The largest absolute Gasteiger partial charge is 0.434 e. The maximum Gasteiger partial charge on any atom is 0.387 e. The van der Waals surface area contributed by atoms with Crippen LogP contribution >= 0.6 is 35.7 Å². The normalized spacial score (nSPS) is 20.3. The summed E-state index contributed by atoms with van der Waals surface area (Å²) < 4.78 is 29.4. The highest BCUT2D eigenvalue weighted by Gasteiger charge is 2.31. The van der Waals surface area contributed by atoms with E-state index in [9.17, 15) is 13.9 Å². The van der Waals surface area contributed by atoms with Gasteiger partial charge in [-0.2, -0.15) is 20.5 Å². The highest BCUT2D eigenvalue weighted by molar-refractivity contribution is 14.0. The number of alkyl halides is 2. The van der Waals surface area contributed by atoms with Gasteiger partial charge in [0.2, 0.25) is 0 Å². The molecule has 0 radical (unpaired) electrons. The Morgan fingerprint density at radius 3 is 2.80 bits per heavy atom. The molecule has 0 spiro atoms. The van der Waals surface area contributed by atoms with Crippen molar-refractivity contribution in [1.29, 1.82) is 0 Å². The lowest BCUT2D eigenvalue weighted by atomic mass is 10.0. The molecule has 1 aliphatic heterocycles. The number of nitrogens with zero attached hydrogens (tertiary/aromatic N) is 1. The first kappa shape index (κ1) is 22.2. The number of halogens is 3. The lowest BCUT2D eigenvalue weighted by molar-refractivity contribution is -0.0504. The monoisotopic (exact) mass is 487 g/mol. The molecule has 1 unspecified atom stereocenters. The van der Waals surface area contributed by atoms with Crippen LogP contribution in [0.2, 0.25) is 0 Å². The second kappa shape index (κ2) is 11.0. The van der Waals surface area contributed by atoms with Gasteiger partial charge in [-0.25, -0.2) is 4.99 Å². The summed E-state index contributed by atoms with van der Waals surface area (Å²) in [7, 11) is 0. The van der Waals surface area contributed by atoms with Crippen LogP contribution in [0.25, 0.3) is 0 Å². The molecule has 1 fully saturated rings. The Kier molecular flexibility index (Phi) is 9.80. The summed E-state index contributed by atoms with van der Waals surface area (Å²) >= 11 is 1.73. The van der Waals surface area contributed by atoms with Crippen molar-refractivity contribution in [3.8, 4) is 5.75 Å². The fourth-order valence-electron chi connectivity index (χ4n) is 2.34. The van der Waals surface area contributed by atoms with Crippen molar-refractivity contribution < 1.29 is 18.6 Å². The molecule has 142 valence electrons. The van der Waals surface area contributed by atoms with E-state index in [1.165, 1.54) is 6.07 Å². The second-order valence-corrected chi connectivity index (χ2v) is 6.67. The van der Waals surface area contributed by atoms with Gasteiger partial charge in [-0.3, -0.25) is 0 Å². The molecule has 0 amide bonds. The summed E-state index contributed by atoms with van der Waals surface area (Å²) in [6.07, 6.45) is 0.745. The minimum absolute atomic E-state index is 0. The van der Waals surface area contributed by atoms with Crippen LogP contribution in [-0.4, -0.2) is 47.9 Å². The van der Waals surface area contributed by atoms with Crippen molar-refractivity contribution in [2.45, 2.75) is 32.1 Å². The van der Waals surface area contributed by atoms with E-state index in [0.29, 0.717) is 30.4 Å². The first-order valence-corrected chi connectivity index (χ1v) is 9.03. The molecule has 5 nitrogen and oxygen atoms in total. The van der Waals surface area contributed by atoms with Gasteiger partial charge >= 0.3 is 6.61 Å². The molecule has 25 heavy (non-hydrogen) atoms. The first-order valence-electron chi connectivity index (χ1n) is 7.87. The van der Waals surface area contributed by atoms with E-state index in [0.717, 1.165) is 12.2 Å². The molecule has 2 rings (SSSR count). The maximum atomic E-state index is 12.4. The number of guanidine groups is 1. The lowest BCUT2D eigenvalue weighted by Gasteiger charge is -2.23. The number of nitrogens with one attached hydrogen (secondary N) is 2. The van der Waals surface area contributed by atoms with Gasteiger partial charge in [0.25, 0.3) is 0 Å². The average molecular weight is 487 g/mol. The van der Waals surface area contributed by atoms with Crippen molar-refractivity contribution >= 4 is 41.7 Å². The van der Waals surface area contributed by atoms with Crippen LogP contribution in [-0.2, 0) is 6.54 Å². The molecule has 9 heteroatoms. The summed E-state index contributed by atoms with van der Waals surface area (Å²) in [5.74, 6) is 2.31. The van der Waals surface area contributed by atoms with Gasteiger partial charge in [0, 0.05) is 24.4 Å². The van der Waals surface area contributed by atoms with Crippen molar-refractivity contribution in [2.75, 3.05) is 24.6 Å². The summed E-state index contributed by atoms with van der Waals surface area (Å²) in [6.45, 7) is 0.335. The summed E-state index contributed by atoms with van der Waals surface area (Å²) in [5, 5.41) is 16.6. The van der Waals surface area contributed by atoms with E-state index in [1.807, 2.05) is 6.92 Å². The molecular weight excluding hydrogens is 463 g/mol. The minimum Gasteiger partial charge on any atom is -0.434 e. The Morgan fingerprint density at radius 1 is 1.40 bits per heavy atom. The predicted molar refractivity (Wildman–Crippen MR) is 108 cm³/mol. The number of aliphatic hydroxyl groups is 1. The van der Waals surface area contributed by atoms with Gasteiger partial charge in [0.05, 0.1) is 12.1 Å². The third-order valence-corrected chi connectivity index (χ3v) is 4.84. The Balaban J connectivity index is 0.00000312. The SMILES string of the molecule is CCNC(=NCc1ccccc1OC(F)F)NCC1(O)CCSC1.I. The topological polar surface area (TPSA) is 65.9 Å². The molecule has 1 atom stereocenters. The van der Waals surface area contributed by atoms with Gasteiger partial charge in [-0.05, 0) is 25.2 Å². The van der Waals surface area contributed by atoms with Gasteiger partial charge < -0.3 is 20.5 Å². The van der Waals surface area contributed by atoms with Crippen LogP contribution < -0.4 is 15.4 Å². The number of para-hydroxylation sites is 1. The molecule has 1 saturated heterocycles. The molecule has 1 aromatic carbocycles. The third-order valence-electron chi connectivity index (χ3n) is 3.61. The van der Waals surface area contributed by atoms with E-state index in [2.05, 4.69) is 20.4 Å². The molecular formula is C16H24F2IN3O2S. The number of thioether (sulfide) groups is 1. The molecule has 0 bridgehead atoms. The number of hydrogen-bond donors (Lipinski definition) is 3. The van der Waals surface area contributed by atoms with Crippen LogP contribution in [0.1, 0.15) is 18.9 Å². The first-order chi connectivity index (χ1) is 11.5. The van der Waals surface area contributed by atoms with Gasteiger partial charge in [-0.15, -0.1) is 24.0 Å². The average Bonchev–Trinajstić information content (AvgIpc) is 2.98. The molecule has 0 saturated carbocycles. The fourth-order valence-corrected chi connectivity index (χ4v) is 3.63.